The summed E-state index contributed by atoms with van der Waals surface area (Å²) in [6.07, 6.45) is 4.72. The summed E-state index contributed by atoms with van der Waals surface area (Å²) in [5.41, 5.74) is -0.00129. The predicted octanol–water partition coefficient (Wildman–Crippen LogP) is 2.45. The van der Waals surface area contributed by atoms with Gasteiger partial charge in [-0.3, -0.25) is 4.79 Å². The van der Waals surface area contributed by atoms with Gasteiger partial charge in [0.25, 0.3) is 5.91 Å². The Kier molecular flexibility index (Phi) is 3.61. The van der Waals surface area contributed by atoms with Gasteiger partial charge in [0.2, 0.25) is 0 Å². The number of halogens is 1. The second kappa shape index (κ2) is 5.17. The number of phenolic OH excluding ortho intramolecular Hbond substituents is 1. The van der Waals surface area contributed by atoms with Crippen molar-refractivity contribution in [1.82, 2.24) is 5.32 Å². The molecule has 2 rings (SSSR count). The molecule has 0 spiro atoms. The van der Waals surface area contributed by atoms with Crippen molar-refractivity contribution in [3.05, 3.63) is 29.6 Å². The lowest BCUT2D eigenvalue weighted by molar-refractivity contribution is 0.0946. The van der Waals surface area contributed by atoms with E-state index in [1.54, 1.807) is 0 Å². The quantitative estimate of drug-likeness (QED) is 0.845. The van der Waals surface area contributed by atoms with E-state index in [0.29, 0.717) is 6.54 Å². The Morgan fingerprint density at radius 1 is 1.47 bits per heavy atom. The summed E-state index contributed by atoms with van der Waals surface area (Å²) >= 11 is 0. The summed E-state index contributed by atoms with van der Waals surface area (Å²) in [4.78, 5) is 11.7. The second-order valence-corrected chi connectivity index (χ2v) is 4.50. The number of aromatic hydroxyl groups is 1. The van der Waals surface area contributed by atoms with Crippen molar-refractivity contribution in [2.45, 2.75) is 25.7 Å². The largest absolute Gasteiger partial charge is 0.507 e. The van der Waals surface area contributed by atoms with E-state index in [1.807, 2.05) is 0 Å². The molecule has 0 radical (unpaired) electrons. The fourth-order valence-corrected chi connectivity index (χ4v) is 1.96. The van der Waals surface area contributed by atoms with Crippen LogP contribution in [0.1, 0.15) is 36.0 Å². The van der Waals surface area contributed by atoms with E-state index in [1.165, 1.54) is 25.3 Å². The molecule has 92 valence electrons. The standard InChI is InChI=1S/C13H16FNO2/c14-10-4-5-12(16)11(8-10)13(17)15-7-6-9-2-1-3-9/h4-5,8-9,16H,1-3,6-7H2,(H,15,17). The van der Waals surface area contributed by atoms with Crippen molar-refractivity contribution in [1.29, 1.82) is 0 Å². The highest BCUT2D eigenvalue weighted by atomic mass is 19.1. The first-order valence-electron chi connectivity index (χ1n) is 5.93. The zero-order valence-corrected chi connectivity index (χ0v) is 9.58. The molecule has 0 heterocycles. The summed E-state index contributed by atoms with van der Waals surface area (Å²) in [5, 5.41) is 12.1. The zero-order chi connectivity index (χ0) is 12.3. The van der Waals surface area contributed by atoms with Crippen molar-refractivity contribution < 1.29 is 14.3 Å². The van der Waals surface area contributed by atoms with Crippen molar-refractivity contribution in [2.24, 2.45) is 5.92 Å². The lowest BCUT2D eigenvalue weighted by atomic mass is 9.83. The molecule has 1 saturated carbocycles. The highest BCUT2D eigenvalue weighted by Crippen LogP contribution is 2.28. The number of rotatable bonds is 4. The molecule has 0 bridgehead atoms. The third-order valence-electron chi connectivity index (χ3n) is 3.27. The zero-order valence-electron chi connectivity index (χ0n) is 9.58. The lowest BCUT2D eigenvalue weighted by Crippen LogP contribution is -2.27. The fourth-order valence-electron chi connectivity index (χ4n) is 1.96. The molecule has 1 fully saturated rings. The van der Waals surface area contributed by atoms with Gasteiger partial charge in [-0.25, -0.2) is 4.39 Å². The van der Waals surface area contributed by atoms with Crippen LogP contribution >= 0.6 is 0 Å². The monoisotopic (exact) mass is 237 g/mol. The maximum atomic E-state index is 12.9. The molecule has 2 N–H and O–H groups in total. The number of benzene rings is 1. The molecular weight excluding hydrogens is 221 g/mol. The molecule has 1 amide bonds. The summed E-state index contributed by atoms with van der Waals surface area (Å²) in [6, 6.07) is 3.37. The molecule has 4 heteroatoms. The van der Waals surface area contributed by atoms with Crippen LogP contribution in [0.5, 0.6) is 5.75 Å². The number of hydrogen-bond acceptors (Lipinski definition) is 2. The van der Waals surface area contributed by atoms with E-state index < -0.39 is 11.7 Å². The number of amides is 1. The molecule has 17 heavy (non-hydrogen) atoms. The third-order valence-corrected chi connectivity index (χ3v) is 3.27. The normalized spacial score (nSPS) is 15.4. The first kappa shape index (κ1) is 11.9. The highest BCUT2D eigenvalue weighted by Gasteiger charge is 2.17. The van der Waals surface area contributed by atoms with Crippen LogP contribution in [0.2, 0.25) is 0 Å². The van der Waals surface area contributed by atoms with Crippen LogP contribution < -0.4 is 5.32 Å². The molecule has 0 unspecified atom stereocenters. The summed E-state index contributed by atoms with van der Waals surface area (Å²) < 4.78 is 12.9. The topological polar surface area (TPSA) is 49.3 Å². The number of carbonyl (C=O) groups excluding carboxylic acids is 1. The van der Waals surface area contributed by atoms with Gasteiger partial charge in [0.05, 0.1) is 5.56 Å². The number of hydrogen-bond donors (Lipinski definition) is 2. The highest BCUT2D eigenvalue weighted by molar-refractivity contribution is 5.96. The minimum atomic E-state index is -0.521. The molecule has 1 aromatic carbocycles. The Balaban J connectivity index is 1.87. The Bertz CT molecular complexity index is 416. The molecule has 1 aliphatic rings. The van der Waals surface area contributed by atoms with Crippen molar-refractivity contribution in [3.63, 3.8) is 0 Å². The smallest absolute Gasteiger partial charge is 0.255 e. The number of carbonyl (C=O) groups is 1. The molecule has 3 nitrogen and oxygen atoms in total. The molecule has 0 aliphatic heterocycles. The van der Waals surface area contributed by atoms with Gasteiger partial charge >= 0.3 is 0 Å². The van der Waals surface area contributed by atoms with Gasteiger partial charge in [-0.05, 0) is 30.5 Å². The average Bonchev–Trinajstić information content (AvgIpc) is 2.25. The predicted molar refractivity (Wildman–Crippen MR) is 62.4 cm³/mol. The van der Waals surface area contributed by atoms with Crippen molar-refractivity contribution >= 4 is 5.91 Å². The van der Waals surface area contributed by atoms with Gasteiger partial charge in [0, 0.05) is 6.54 Å². The Labute approximate surface area is 99.7 Å². The van der Waals surface area contributed by atoms with Gasteiger partial charge in [-0.1, -0.05) is 19.3 Å². The van der Waals surface area contributed by atoms with Gasteiger partial charge in [0.15, 0.2) is 0 Å². The number of nitrogens with one attached hydrogen (secondary N) is 1. The Morgan fingerprint density at radius 3 is 2.88 bits per heavy atom. The first-order valence-corrected chi connectivity index (χ1v) is 5.93. The molecule has 1 aromatic rings. The maximum absolute atomic E-state index is 12.9. The van der Waals surface area contributed by atoms with Crippen LogP contribution in [-0.4, -0.2) is 17.6 Å². The van der Waals surface area contributed by atoms with Crippen LogP contribution in [-0.2, 0) is 0 Å². The minimum Gasteiger partial charge on any atom is -0.507 e. The van der Waals surface area contributed by atoms with Gasteiger partial charge in [-0.2, -0.15) is 0 Å². The summed E-state index contributed by atoms with van der Waals surface area (Å²) in [6.45, 7) is 0.583. The summed E-state index contributed by atoms with van der Waals surface area (Å²) in [5.74, 6) is -0.405. The van der Waals surface area contributed by atoms with E-state index in [0.717, 1.165) is 24.5 Å². The lowest BCUT2D eigenvalue weighted by Gasteiger charge is -2.25. The number of phenols is 1. The first-order chi connectivity index (χ1) is 8.16. The molecule has 1 aliphatic carbocycles. The maximum Gasteiger partial charge on any atom is 0.255 e. The van der Waals surface area contributed by atoms with E-state index in [4.69, 9.17) is 0 Å². The van der Waals surface area contributed by atoms with Gasteiger partial charge in [-0.15, -0.1) is 0 Å². The van der Waals surface area contributed by atoms with Crippen LogP contribution in [0.3, 0.4) is 0 Å². The Hall–Kier alpha value is -1.58. The van der Waals surface area contributed by atoms with Gasteiger partial charge < -0.3 is 10.4 Å². The van der Waals surface area contributed by atoms with Crippen molar-refractivity contribution in [2.75, 3.05) is 6.54 Å². The SMILES string of the molecule is O=C(NCCC1CCC1)c1cc(F)ccc1O. The van der Waals surface area contributed by atoms with E-state index in [-0.39, 0.29) is 11.3 Å². The molecule has 0 atom stereocenters. The fraction of sp³-hybridized carbons (Fsp3) is 0.462. The van der Waals surface area contributed by atoms with Crippen LogP contribution in [0.15, 0.2) is 18.2 Å². The van der Waals surface area contributed by atoms with E-state index >= 15 is 0 Å². The van der Waals surface area contributed by atoms with Crippen LogP contribution in [0, 0.1) is 11.7 Å². The van der Waals surface area contributed by atoms with Crippen LogP contribution in [0.4, 0.5) is 4.39 Å². The van der Waals surface area contributed by atoms with Gasteiger partial charge in [0.1, 0.15) is 11.6 Å². The average molecular weight is 237 g/mol. The molecule has 0 aromatic heterocycles. The second-order valence-electron chi connectivity index (χ2n) is 4.50. The molecular formula is C13H16FNO2. The van der Waals surface area contributed by atoms with Crippen molar-refractivity contribution in [3.8, 4) is 5.75 Å². The third kappa shape index (κ3) is 2.96. The molecule has 0 saturated heterocycles. The van der Waals surface area contributed by atoms with E-state index in [9.17, 15) is 14.3 Å². The Morgan fingerprint density at radius 2 is 2.24 bits per heavy atom. The minimum absolute atomic E-state index is 0.00129. The summed E-state index contributed by atoms with van der Waals surface area (Å²) in [7, 11) is 0. The van der Waals surface area contributed by atoms with Crippen LogP contribution in [0.25, 0.3) is 0 Å². The van der Waals surface area contributed by atoms with E-state index in [2.05, 4.69) is 5.32 Å².